The molecule has 1 aromatic rings. The number of H-pyrrole nitrogens is 1. The van der Waals surface area contributed by atoms with Gasteiger partial charge in [-0.15, -0.1) is 0 Å². The van der Waals surface area contributed by atoms with E-state index in [4.69, 9.17) is 0 Å². The van der Waals surface area contributed by atoms with Crippen molar-refractivity contribution in [1.82, 2.24) is 10.2 Å². The van der Waals surface area contributed by atoms with Gasteiger partial charge < -0.3 is 0 Å². The molecule has 10 heavy (non-hydrogen) atoms. The molecule has 0 spiro atoms. The molecule has 1 unspecified atom stereocenters. The van der Waals surface area contributed by atoms with Gasteiger partial charge in [0.1, 0.15) is 6.04 Å². The maximum atomic E-state index is 9.78. The van der Waals surface area contributed by atoms with Crippen molar-refractivity contribution in [2.75, 3.05) is 0 Å². The molecule has 0 bridgehead atoms. The third kappa shape index (κ3) is 1.30. The first kappa shape index (κ1) is 6.71. The van der Waals surface area contributed by atoms with Crippen LogP contribution in [0.5, 0.6) is 0 Å². The molecule has 0 aliphatic rings. The normalized spacial score (nSPS) is 12.1. The summed E-state index contributed by atoms with van der Waals surface area (Å²) in [6.07, 6.45) is 3.10. The van der Waals surface area contributed by atoms with E-state index >= 15 is 0 Å². The molecule has 0 aliphatic heterocycles. The summed E-state index contributed by atoms with van der Waals surface area (Å²) in [5.41, 5.74) is 0.823. The van der Waals surface area contributed by atoms with Crippen LogP contribution in [0.2, 0.25) is 0 Å². The number of carbonyl (C=O) groups excluding carboxylic acids is 1. The van der Waals surface area contributed by atoms with E-state index in [2.05, 4.69) is 15.2 Å². The lowest BCUT2D eigenvalue weighted by molar-refractivity contribution is 0.559. The van der Waals surface area contributed by atoms with Crippen LogP contribution in [0.1, 0.15) is 18.7 Å². The number of aromatic nitrogens is 2. The van der Waals surface area contributed by atoms with Crippen LogP contribution in [0, 0.1) is 0 Å². The molecule has 0 saturated heterocycles. The summed E-state index contributed by atoms with van der Waals surface area (Å²) in [5.74, 6) is 0. The Bertz CT molecular complexity index is 236. The van der Waals surface area contributed by atoms with E-state index in [-0.39, 0.29) is 6.04 Å². The maximum absolute atomic E-state index is 9.78. The first-order valence-corrected chi connectivity index (χ1v) is 2.91. The van der Waals surface area contributed by atoms with Gasteiger partial charge in [0.15, 0.2) is 0 Å². The maximum Gasteiger partial charge on any atom is 0.235 e. The van der Waals surface area contributed by atoms with E-state index in [9.17, 15) is 4.79 Å². The second kappa shape index (κ2) is 2.94. The highest BCUT2D eigenvalue weighted by Gasteiger charge is 2.01. The lowest BCUT2D eigenvalue weighted by atomic mass is 10.2. The largest absolute Gasteiger partial charge is 0.280 e. The Morgan fingerprint density at radius 1 is 1.90 bits per heavy atom. The highest BCUT2D eigenvalue weighted by Crippen LogP contribution is 2.10. The standard InChI is InChI=1S/C6H7N3O/c1-5(7-4-10)6-2-3-8-9-6/h2-3,5H,1H3,(H,8,9). The van der Waals surface area contributed by atoms with Gasteiger partial charge in [-0.05, 0) is 13.0 Å². The summed E-state index contributed by atoms with van der Waals surface area (Å²) in [7, 11) is 0. The fourth-order valence-electron chi connectivity index (χ4n) is 0.648. The first-order chi connectivity index (χ1) is 4.84. The summed E-state index contributed by atoms with van der Waals surface area (Å²) in [4.78, 5) is 13.3. The van der Waals surface area contributed by atoms with Gasteiger partial charge in [0.2, 0.25) is 6.08 Å². The van der Waals surface area contributed by atoms with Crippen molar-refractivity contribution < 1.29 is 4.79 Å². The molecule has 1 rings (SSSR count). The Hall–Kier alpha value is -1.41. The summed E-state index contributed by atoms with van der Waals surface area (Å²) >= 11 is 0. The lowest BCUT2D eigenvalue weighted by Gasteiger charge is -1.96. The van der Waals surface area contributed by atoms with Gasteiger partial charge in [-0.2, -0.15) is 10.1 Å². The van der Waals surface area contributed by atoms with Crippen LogP contribution in [0.15, 0.2) is 17.3 Å². The van der Waals surface area contributed by atoms with Crippen LogP contribution >= 0.6 is 0 Å². The average molecular weight is 137 g/mol. The number of aliphatic imine (C=N–C) groups is 1. The SMILES string of the molecule is CC(N=C=O)c1ccn[nH]1. The Morgan fingerprint density at radius 3 is 3.20 bits per heavy atom. The molecule has 0 amide bonds. The van der Waals surface area contributed by atoms with Crippen molar-refractivity contribution in [3.63, 3.8) is 0 Å². The molecule has 1 N–H and O–H groups in total. The van der Waals surface area contributed by atoms with Crippen LogP contribution < -0.4 is 0 Å². The minimum atomic E-state index is -0.167. The molecular weight excluding hydrogens is 130 g/mol. The summed E-state index contributed by atoms with van der Waals surface area (Å²) in [5, 5.41) is 6.41. The average Bonchev–Trinajstić information content (AvgIpc) is 2.38. The zero-order valence-corrected chi connectivity index (χ0v) is 5.53. The highest BCUT2D eigenvalue weighted by molar-refractivity contribution is 5.34. The number of rotatable bonds is 2. The van der Waals surface area contributed by atoms with Gasteiger partial charge in [0.05, 0.1) is 5.69 Å². The lowest BCUT2D eigenvalue weighted by Crippen LogP contribution is -1.88. The molecule has 4 heteroatoms. The minimum Gasteiger partial charge on any atom is -0.280 e. The predicted octanol–water partition coefficient (Wildman–Crippen LogP) is 0.806. The molecule has 1 heterocycles. The van der Waals surface area contributed by atoms with Crippen molar-refractivity contribution in [2.24, 2.45) is 4.99 Å². The predicted molar refractivity (Wildman–Crippen MR) is 35.1 cm³/mol. The minimum absolute atomic E-state index is 0.167. The number of hydrogen-bond acceptors (Lipinski definition) is 3. The van der Waals surface area contributed by atoms with Gasteiger partial charge in [-0.3, -0.25) is 5.10 Å². The third-order valence-electron chi connectivity index (χ3n) is 1.22. The van der Waals surface area contributed by atoms with E-state index in [1.54, 1.807) is 19.2 Å². The third-order valence-corrected chi connectivity index (χ3v) is 1.22. The van der Waals surface area contributed by atoms with Crippen molar-refractivity contribution in [1.29, 1.82) is 0 Å². The van der Waals surface area contributed by atoms with Gasteiger partial charge in [0, 0.05) is 6.20 Å². The monoisotopic (exact) mass is 137 g/mol. The topological polar surface area (TPSA) is 58.1 Å². The number of isocyanates is 1. The van der Waals surface area contributed by atoms with Gasteiger partial charge >= 0.3 is 0 Å². The molecule has 0 radical (unpaired) electrons. The van der Waals surface area contributed by atoms with Gasteiger partial charge in [-0.25, -0.2) is 4.79 Å². The van der Waals surface area contributed by atoms with Crippen LogP contribution in [-0.2, 0) is 4.79 Å². The molecule has 1 atom stereocenters. The second-order valence-electron chi connectivity index (χ2n) is 1.91. The van der Waals surface area contributed by atoms with E-state index in [1.807, 2.05) is 0 Å². The number of nitrogens with zero attached hydrogens (tertiary/aromatic N) is 2. The number of hydrogen-bond donors (Lipinski definition) is 1. The molecule has 4 nitrogen and oxygen atoms in total. The molecule has 0 saturated carbocycles. The van der Waals surface area contributed by atoms with Crippen LogP contribution in [0.4, 0.5) is 0 Å². The Morgan fingerprint density at radius 2 is 2.70 bits per heavy atom. The zero-order chi connectivity index (χ0) is 7.40. The van der Waals surface area contributed by atoms with Crippen LogP contribution in [0.3, 0.4) is 0 Å². The molecular formula is C6H7N3O. The summed E-state index contributed by atoms with van der Waals surface area (Å²) < 4.78 is 0. The molecule has 52 valence electrons. The Labute approximate surface area is 58.0 Å². The van der Waals surface area contributed by atoms with E-state index in [1.165, 1.54) is 6.08 Å². The zero-order valence-electron chi connectivity index (χ0n) is 5.53. The highest BCUT2D eigenvalue weighted by atomic mass is 16.1. The van der Waals surface area contributed by atoms with Gasteiger partial charge in [0.25, 0.3) is 0 Å². The van der Waals surface area contributed by atoms with E-state index < -0.39 is 0 Å². The fraction of sp³-hybridized carbons (Fsp3) is 0.333. The van der Waals surface area contributed by atoms with Crippen LogP contribution in [0.25, 0.3) is 0 Å². The van der Waals surface area contributed by atoms with E-state index in [0.717, 1.165) is 5.69 Å². The summed E-state index contributed by atoms with van der Waals surface area (Å²) in [6, 6.07) is 1.60. The van der Waals surface area contributed by atoms with Crippen LogP contribution in [-0.4, -0.2) is 16.3 Å². The van der Waals surface area contributed by atoms with Crippen molar-refractivity contribution in [3.8, 4) is 0 Å². The number of aromatic amines is 1. The van der Waals surface area contributed by atoms with Crippen molar-refractivity contribution >= 4 is 6.08 Å². The molecule has 0 aliphatic carbocycles. The molecule has 0 fully saturated rings. The smallest absolute Gasteiger partial charge is 0.235 e. The number of nitrogens with one attached hydrogen (secondary N) is 1. The van der Waals surface area contributed by atoms with Crippen molar-refractivity contribution in [2.45, 2.75) is 13.0 Å². The molecule has 1 aromatic heterocycles. The Balaban J connectivity index is 2.76. The fourth-order valence-corrected chi connectivity index (χ4v) is 0.648. The van der Waals surface area contributed by atoms with Gasteiger partial charge in [-0.1, -0.05) is 0 Å². The van der Waals surface area contributed by atoms with E-state index in [0.29, 0.717) is 0 Å². The molecule has 0 aromatic carbocycles. The quantitative estimate of drug-likeness (QED) is 0.484. The van der Waals surface area contributed by atoms with Crippen molar-refractivity contribution in [3.05, 3.63) is 18.0 Å². The summed E-state index contributed by atoms with van der Waals surface area (Å²) in [6.45, 7) is 1.79. The first-order valence-electron chi connectivity index (χ1n) is 2.91. The Kier molecular flexibility index (Phi) is 1.97. The second-order valence-corrected chi connectivity index (χ2v) is 1.91.